The van der Waals surface area contributed by atoms with Crippen molar-refractivity contribution in [2.75, 3.05) is 0 Å². The molecule has 0 saturated heterocycles. The molecule has 0 bridgehead atoms. The number of para-hydroxylation sites is 3. The van der Waals surface area contributed by atoms with Crippen molar-refractivity contribution in [2.24, 2.45) is 0 Å². The van der Waals surface area contributed by atoms with Gasteiger partial charge in [0, 0.05) is 38.4 Å². The van der Waals surface area contributed by atoms with Crippen molar-refractivity contribution in [1.29, 1.82) is 0 Å². The summed E-state index contributed by atoms with van der Waals surface area (Å²) < 4.78 is 4.60. The van der Waals surface area contributed by atoms with Crippen molar-refractivity contribution >= 4 is 54.4 Å². The molecule has 3 heterocycles. The van der Waals surface area contributed by atoms with Crippen LogP contribution in [0, 0.1) is 0 Å². The van der Waals surface area contributed by atoms with Crippen molar-refractivity contribution in [3.8, 4) is 56.4 Å². The predicted molar refractivity (Wildman–Crippen MR) is 250 cm³/mol. The molecule has 60 heavy (non-hydrogen) atoms. The number of hydrogen-bond acceptors (Lipinski definition) is 2. The summed E-state index contributed by atoms with van der Waals surface area (Å²) in [5.74, 6) is 0.646. The molecule has 0 spiro atoms. The molecule has 280 valence electrons. The highest BCUT2D eigenvalue weighted by molar-refractivity contribution is 6.11. The van der Waals surface area contributed by atoms with Gasteiger partial charge in [-0.2, -0.15) is 0 Å². The summed E-state index contributed by atoms with van der Waals surface area (Å²) in [6.07, 6.45) is 0. The van der Waals surface area contributed by atoms with Crippen LogP contribution in [0.15, 0.2) is 218 Å². The van der Waals surface area contributed by atoms with Crippen LogP contribution in [0.25, 0.3) is 111 Å². The van der Waals surface area contributed by atoms with Crippen LogP contribution in [0.1, 0.15) is 0 Å². The van der Waals surface area contributed by atoms with E-state index in [1.54, 1.807) is 0 Å². The summed E-state index contributed by atoms with van der Waals surface area (Å²) >= 11 is 0. The van der Waals surface area contributed by atoms with Crippen LogP contribution in [0.3, 0.4) is 0 Å². The third kappa shape index (κ3) is 5.61. The summed E-state index contributed by atoms with van der Waals surface area (Å²) in [6.45, 7) is 0. The normalized spacial score (nSPS) is 11.7. The summed E-state index contributed by atoms with van der Waals surface area (Å²) in [6, 6.07) is 78.0. The molecule has 0 aliphatic carbocycles. The number of rotatable bonds is 6. The van der Waals surface area contributed by atoms with Gasteiger partial charge < -0.3 is 4.57 Å². The fourth-order valence-corrected chi connectivity index (χ4v) is 9.03. The van der Waals surface area contributed by atoms with E-state index in [9.17, 15) is 0 Å². The molecule has 0 aliphatic heterocycles. The van der Waals surface area contributed by atoms with Crippen molar-refractivity contribution in [2.45, 2.75) is 0 Å². The van der Waals surface area contributed by atoms with Crippen molar-refractivity contribution < 1.29 is 0 Å². The van der Waals surface area contributed by atoms with Gasteiger partial charge in [0.2, 0.25) is 5.95 Å². The van der Waals surface area contributed by atoms with Crippen LogP contribution in [-0.2, 0) is 0 Å². The molecule has 0 atom stereocenters. The number of hydrogen-bond donors (Lipinski definition) is 0. The van der Waals surface area contributed by atoms with E-state index < -0.39 is 0 Å². The molecule has 12 aromatic rings. The number of nitrogens with zero attached hydrogens (tertiary/aromatic N) is 4. The molecule has 0 radical (unpaired) electrons. The second-order valence-corrected chi connectivity index (χ2v) is 15.5. The van der Waals surface area contributed by atoms with Gasteiger partial charge in [0.15, 0.2) is 0 Å². The maximum absolute atomic E-state index is 5.25. The predicted octanol–water partition coefficient (Wildman–Crippen LogP) is 14.5. The third-order valence-corrected chi connectivity index (χ3v) is 11.9. The average Bonchev–Trinajstić information content (AvgIpc) is 3.84. The summed E-state index contributed by atoms with van der Waals surface area (Å²) in [5.41, 5.74) is 14.3. The second kappa shape index (κ2) is 13.8. The Bertz CT molecular complexity index is 3530. The highest BCUT2D eigenvalue weighted by atomic mass is 15.2. The van der Waals surface area contributed by atoms with Gasteiger partial charge in [0.05, 0.1) is 33.5 Å². The lowest BCUT2D eigenvalue weighted by molar-refractivity contribution is 0.996. The van der Waals surface area contributed by atoms with E-state index in [-0.39, 0.29) is 0 Å². The third-order valence-electron chi connectivity index (χ3n) is 11.9. The SMILES string of the molecule is c1ccc(-c2cc(-c3ccccc3)nc(-n3c4ccccc4c4ccc(-c5ccc6cc(-c7ccc8c(c7)c7ccccc7n8-c7ccccc7)ccc6c5)cc43)n2)cc1. The molecular weight excluding hydrogens is 729 g/mol. The Hall–Kier alpha value is -8.08. The molecule has 3 aromatic heterocycles. The zero-order chi connectivity index (χ0) is 39.6. The van der Waals surface area contributed by atoms with Crippen molar-refractivity contribution in [3.05, 3.63) is 218 Å². The van der Waals surface area contributed by atoms with Crippen LogP contribution >= 0.6 is 0 Å². The zero-order valence-corrected chi connectivity index (χ0v) is 32.6. The minimum Gasteiger partial charge on any atom is -0.309 e. The number of benzene rings is 9. The molecule has 0 N–H and O–H groups in total. The first-order chi connectivity index (χ1) is 29.7. The van der Waals surface area contributed by atoms with E-state index in [2.05, 4.69) is 215 Å². The first-order valence-corrected chi connectivity index (χ1v) is 20.4. The Labute approximate surface area is 346 Å². The van der Waals surface area contributed by atoms with E-state index in [1.165, 1.54) is 60.2 Å². The Kier molecular flexibility index (Phi) is 7.82. The van der Waals surface area contributed by atoms with Crippen molar-refractivity contribution in [1.82, 2.24) is 19.1 Å². The van der Waals surface area contributed by atoms with Crippen LogP contribution in [-0.4, -0.2) is 19.1 Å². The fourth-order valence-electron chi connectivity index (χ4n) is 9.03. The molecular formula is C56H36N4. The Balaban J connectivity index is 0.960. The quantitative estimate of drug-likeness (QED) is 0.169. The fraction of sp³-hybridized carbons (Fsp3) is 0. The Morgan fingerprint density at radius 1 is 0.267 bits per heavy atom. The van der Waals surface area contributed by atoms with E-state index in [4.69, 9.17) is 9.97 Å². The minimum absolute atomic E-state index is 0.646. The second-order valence-electron chi connectivity index (χ2n) is 15.5. The van der Waals surface area contributed by atoms with Gasteiger partial charge in [-0.15, -0.1) is 0 Å². The molecule has 0 unspecified atom stereocenters. The average molecular weight is 765 g/mol. The lowest BCUT2D eigenvalue weighted by Gasteiger charge is -2.12. The molecule has 9 aromatic carbocycles. The molecule has 0 saturated carbocycles. The van der Waals surface area contributed by atoms with Gasteiger partial charge in [-0.1, -0.05) is 158 Å². The first kappa shape index (κ1) is 34.0. The smallest absolute Gasteiger partial charge is 0.235 e. The van der Waals surface area contributed by atoms with Crippen LogP contribution < -0.4 is 0 Å². The lowest BCUT2D eigenvalue weighted by Crippen LogP contribution is -2.04. The monoisotopic (exact) mass is 764 g/mol. The van der Waals surface area contributed by atoms with E-state index >= 15 is 0 Å². The van der Waals surface area contributed by atoms with E-state index in [0.717, 1.165) is 44.7 Å². The van der Waals surface area contributed by atoms with Gasteiger partial charge in [-0.3, -0.25) is 4.57 Å². The topological polar surface area (TPSA) is 35.6 Å². The first-order valence-electron chi connectivity index (χ1n) is 20.4. The zero-order valence-electron chi connectivity index (χ0n) is 32.6. The number of aromatic nitrogens is 4. The van der Waals surface area contributed by atoms with E-state index in [0.29, 0.717) is 5.95 Å². The van der Waals surface area contributed by atoms with Crippen LogP contribution in [0.2, 0.25) is 0 Å². The minimum atomic E-state index is 0.646. The Morgan fingerprint density at radius 3 is 1.35 bits per heavy atom. The molecule has 0 aliphatic rings. The standard InChI is InChI=1S/C56H36N4/c1-4-14-37(15-5-1)50-36-51(38-16-6-2-7-17-38)58-56(57-50)60-53-23-13-10-20-46(53)48-30-28-44(35-55(48)60)42-27-25-39-32-41(26-24-40(39)33-42)43-29-31-54-49(34-43)47-21-11-12-22-52(47)59(54)45-18-8-3-9-19-45/h1-36H. The largest absolute Gasteiger partial charge is 0.309 e. The van der Waals surface area contributed by atoms with Gasteiger partial charge in [0.1, 0.15) is 0 Å². The molecule has 4 heteroatoms. The van der Waals surface area contributed by atoms with Crippen molar-refractivity contribution in [3.63, 3.8) is 0 Å². The summed E-state index contributed by atoms with van der Waals surface area (Å²) in [7, 11) is 0. The summed E-state index contributed by atoms with van der Waals surface area (Å²) in [4.78, 5) is 10.5. The van der Waals surface area contributed by atoms with Gasteiger partial charge in [-0.05, 0) is 93.7 Å². The molecule has 0 fully saturated rings. The number of fused-ring (bicyclic) bond motifs is 7. The van der Waals surface area contributed by atoms with Crippen LogP contribution in [0.4, 0.5) is 0 Å². The Morgan fingerprint density at radius 2 is 0.717 bits per heavy atom. The van der Waals surface area contributed by atoms with Gasteiger partial charge >= 0.3 is 0 Å². The van der Waals surface area contributed by atoms with Gasteiger partial charge in [-0.25, -0.2) is 9.97 Å². The van der Waals surface area contributed by atoms with Crippen LogP contribution in [0.5, 0.6) is 0 Å². The lowest BCUT2D eigenvalue weighted by atomic mass is 9.96. The van der Waals surface area contributed by atoms with E-state index in [1.807, 2.05) is 12.1 Å². The molecule has 4 nitrogen and oxygen atoms in total. The van der Waals surface area contributed by atoms with Gasteiger partial charge in [0.25, 0.3) is 0 Å². The summed E-state index contributed by atoms with van der Waals surface area (Å²) in [5, 5.41) is 7.25. The highest BCUT2D eigenvalue weighted by Crippen LogP contribution is 2.38. The maximum atomic E-state index is 5.25. The molecule has 0 amide bonds. The maximum Gasteiger partial charge on any atom is 0.235 e. The molecule has 12 rings (SSSR count). The highest BCUT2D eigenvalue weighted by Gasteiger charge is 2.18.